The molecule has 0 rings (SSSR count). The van der Waals surface area contributed by atoms with Crippen LogP contribution in [0.25, 0.3) is 0 Å². The lowest BCUT2D eigenvalue weighted by Gasteiger charge is -1.82. The van der Waals surface area contributed by atoms with Crippen molar-refractivity contribution >= 4 is 28.7 Å². The van der Waals surface area contributed by atoms with Crippen LogP contribution < -0.4 is 0 Å². The van der Waals surface area contributed by atoms with Crippen molar-refractivity contribution in [1.82, 2.24) is 0 Å². The predicted molar refractivity (Wildman–Crippen MR) is 27.2 cm³/mol. The first-order valence-electron chi connectivity index (χ1n) is 0.968. The summed E-state index contributed by atoms with van der Waals surface area (Å²) < 4.78 is 11.4. The predicted octanol–water partition coefficient (Wildman–Crippen LogP) is 2.13. The summed E-state index contributed by atoms with van der Waals surface area (Å²) in [6.07, 6.45) is 0. The van der Waals surface area contributed by atoms with Gasteiger partial charge < -0.3 is 0 Å². The first-order valence-corrected chi connectivity index (χ1v) is 5.01. The molecule has 4 heteroatoms. The average Bonchev–Trinajstić information content (AvgIpc) is 0.722. The lowest BCUT2D eigenvalue weighted by Crippen LogP contribution is -1.38. The van der Waals surface area contributed by atoms with Crippen LogP contribution in [0.5, 0.6) is 0 Å². The highest BCUT2D eigenvalue weighted by atomic mass is 35.7. The van der Waals surface area contributed by atoms with Crippen LogP contribution in [0.4, 0.5) is 4.20 Å². The lowest BCUT2D eigenvalue weighted by molar-refractivity contribution is 0.915. The summed E-state index contributed by atoms with van der Waals surface area (Å²) in [5, 5.41) is 0. The van der Waals surface area contributed by atoms with Crippen LogP contribution in [-0.4, -0.2) is 6.66 Å². The molecule has 0 heterocycles. The molecule has 0 aromatic rings. The Morgan fingerprint density at radius 3 is 2.00 bits per heavy atom. The maximum Gasteiger partial charge on any atom is 0.194 e. The summed E-state index contributed by atoms with van der Waals surface area (Å²) in [5.74, 6) is 0. The van der Waals surface area contributed by atoms with Crippen LogP contribution in [0.2, 0.25) is 0 Å². The Labute approximate surface area is 40.2 Å². The quantitative estimate of drug-likeness (QED) is 0.455. The topological polar surface area (TPSA) is 0 Å². The Bertz CT molecular complexity index is 57.8. The minimum atomic E-state index is -2.83. The van der Waals surface area contributed by atoms with E-state index in [1.165, 1.54) is 6.66 Å². The second kappa shape index (κ2) is 1.55. The van der Waals surface area contributed by atoms with Gasteiger partial charge in [0.1, 0.15) is 0 Å². The molecule has 0 nitrogen and oxygen atoms in total. The number of halogens is 2. The van der Waals surface area contributed by atoms with E-state index in [2.05, 4.69) is 11.8 Å². The zero-order chi connectivity index (χ0) is 4.50. The summed E-state index contributed by atoms with van der Waals surface area (Å²) in [4.78, 5) is 0. The van der Waals surface area contributed by atoms with Gasteiger partial charge in [0.15, 0.2) is 5.70 Å². The van der Waals surface area contributed by atoms with E-state index in [1.54, 1.807) is 0 Å². The Balaban J connectivity index is 3.47. The standard InChI is InChI=1S/CH3ClFPS/c1-4(2,3)5/h1H3. The normalized spacial score (nSPS) is 21.4. The fourth-order valence-electron chi connectivity index (χ4n) is 0. The number of hydrogen-bond donors (Lipinski definition) is 0. The number of hydrogen-bond acceptors (Lipinski definition) is 1. The molecule has 0 aliphatic rings. The molecular formula is CH3ClFPS. The van der Waals surface area contributed by atoms with Crippen LogP contribution in [-0.2, 0) is 11.8 Å². The number of rotatable bonds is 0. The Morgan fingerprint density at radius 1 is 2.00 bits per heavy atom. The van der Waals surface area contributed by atoms with Gasteiger partial charge in [-0.1, -0.05) is 11.2 Å². The summed E-state index contributed by atoms with van der Waals surface area (Å²) in [7, 11) is 0. The van der Waals surface area contributed by atoms with Crippen molar-refractivity contribution in [3.63, 3.8) is 0 Å². The molecule has 1 atom stereocenters. The molecule has 1 unspecified atom stereocenters. The highest BCUT2D eigenvalue weighted by molar-refractivity contribution is 8.24. The minimum absolute atomic E-state index is 1.21. The first-order chi connectivity index (χ1) is 2.00. The molecule has 0 bridgehead atoms. The van der Waals surface area contributed by atoms with Gasteiger partial charge in [-0.15, -0.1) is 0 Å². The maximum atomic E-state index is 11.4. The maximum absolute atomic E-state index is 11.4. The third-order valence-corrected chi connectivity index (χ3v) is 0. The van der Waals surface area contributed by atoms with Crippen molar-refractivity contribution in [3.05, 3.63) is 0 Å². The summed E-state index contributed by atoms with van der Waals surface area (Å²) in [6.45, 7) is 1.21. The van der Waals surface area contributed by atoms with Crippen molar-refractivity contribution in [2.24, 2.45) is 0 Å². The SMILES string of the molecule is CP(F)(=S)Cl. The van der Waals surface area contributed by atoms with Crippen molar-refractivity contribution in [3.8, 4) is 0 Å². The summed E-state index contributed by atoms with van der Waals surface area (Å²) in [5.41, 5.74) is -2.83. The second-order valence-corrected chi connectivity index (χ2v) is 6.73. The van der Waals surface area contributed by atoms with Crippen LogP contribution in [0.3, 0.4) is 0 Å². The molecule has 0 aromatic carbocycles. The second-order valence-electron chi connectivity index (χ2n) is 0.723. The van der Waals surface area contributed by atoms with E-state index in [1.807, 2.05) is 0 Å². The zero-order valence-electron chi connectivity index (χ0n) is 2.61. The van der Waals surface area contributed by atoms with Crippen LogP contribution >= 0.6 is 16.9 Å². The molecule has 0 saturated carbocycles. The molecule has 0 saturated heterocycles. The van der Waals surface area contributed by atoms with Gasteiger partial charge in [0.05, 0.1) is 0 Å². The lowest BCUT2D eigenvalue weighted by atomic mass is 12.0. The molecule has 0 amide bonds. The van der Waals surface area contributed by atoms with E-state index < -0.39 is 5.70 Å². The molecule has 0 aromatic heterocycles. The zero-order valence-corrected chi connectivity index (χ0v) is 5.08. The van der Waals surface area contributed by atoms with Gasteiger partial charge >= 0.3 is 0 Å². The van der Waals surface area contributed by atoms with Gasteiger partial charge in [-0.3, -0.25) is 0 Å². The van der Waals surface area contributed by atoms with Gasteiger partial charge in [0.25, 0.3) is 0 Å². The molecule has 0 aliphatic heterocycles. The van der Waals surface area contributed by atoms with Crippen molar-refractivity contribution in [1.29, 1.82) is 0 Å². The van der Waals surface area contributed by atoms with Gasteiger partial charge in [-0.2, -0.15) is 0 Å². The van der Waals surface area contributed by atoms with Crippen LogP contribution in [0.1, 0.15) is 0 Å². The van der Waals surface area contributed by atoms with Gasteiger partial charge in [0.2, 0.25) is 0 Å². The first kappa shape index (κ1) is 5.87. The van der Waals surface area contributed by atoms with E-state index >= 15 is 0 Å². The molecule has 32 valence electrons. The molecule has 0 N–H and O–H groups in total. The van der Waals surface area contributed by atoms with E-state index in [-0.39, 0.29) is 0 Å². The third-order valence-electron chi connectivity index (χ3n) is 0. The van der Waals surface area contributed by atoms with E-state index in [0.29, 0.717) is 0 Å². The third kappa shape index (κ3) is 53.0. The van der Waals surface area contributed by atoms with Gasteiger partial charge in [-0.05, 0) is 11.8 Å². The van der Waals surface area contributed by atoms with Crippen molar-refractivity contribution < 1.29 is 4.20 Å². The van der Waals surface area contributed by atoms with E-state index in [4.69, 9.17) is 11.2 Å². The summed E-state index contributed by atoms with van der Waals surface area (Å²) in [6, 6.07) is 0. The van der Waals surface area contributed by atoms with Crippen molar-refractivity contribution in [2.75, 3.05) is 6.66 Å². The Hall–Kier alpha value is 0.870. The molecule has 0 fully saturated rings. The van der Waals surface area contributed by atoms with Gasteiger partial charge in [-0.25, -0.2) is 4.20 Å². The largest absolute Gasteiger partial charge is 0.201 e. The smallest absolute Gasteiger partial charge is 0.194 e. The highest BCUT2D eigenvalue weighted by Crippen LogP contribution is 2.48. The highest BCUT2D eigenvalue weighted by Gasteiger charge is 1.94. The van der Waals surface area contributed by atoms with Gasteiger partial charge in [0, 0.05) is 6.66 Å². The fraction of sp³-hybridized carbons (Fsp3) is 1.00. The fourth-order valence-corrected chi connectivity index (χ4v) is 0. The Kier molecular flexibility index (Phi) is 1.81. The molecule has 0 radical (unpaired) electrons. The Morgan fingerprint density at radius 2 is 2.00 bits per heavy atom. The van der Waals surface area contributed by atoms with E-state index in [9.17, 15) is 4.20 Å². The molecule has 0 spiro atoms. The average molecular weight is 133 g/mol. The minimum Gasteiger partial charge on any atom is -0.201 e. The van der Waals surface area contributed by atoms with Crippen LogP contribution in [0.15, 0.2) is 0 Å². The molecule has 0 aliphatic carbocycles. The monoisotopic (exact) mass is 132 g/mol. The molecule has 5 heavy (non-hydrogen) atoms. The van der Waals surface area contributed by atoms with Crippen molar-refractivity contribution in [2.45, 2.75) is 0 Å². The van der Waals surface area contributed by atoms with E-state index in [0.717, 1.165) is 0 Å². The summed E-state index contributed by atoms with van der Waals surface area (Å²) >= 11 is 8.83. The van der Waals surface area contributed by atoms with Crippen LogP contribution in [0, 0.1) is 0 Å². The molecular weight excluding hydrogens is 130 g/mol.